The Bertz CT molecular complexity index is 670. The summed E-state index contributed by atoms with van der Waals surface area (Å²) >= 11 is 6.02. The summed E-state index contributed by atoms with van der Waals surface area (Å²) in [5.74, 6) is 0.0402. The second kappa shape index (κ2) is 8.99. The number of nitrogens with one attached hydrogen (secondary N) is 1. The molecular weight excluding hydrogens is 336 g/mol. The van der Waals surface area contributed by atoms with E-state index in [2.05, 4.69) is 10.2 Å². The summed E-state index contributed by atoms with van der Waals surface area (Å²) in [6.45, 7) is 3.75. The Balaban J connectivity index is 1.64. The number of carbonyl (C=O) groups excluding carboxylic acids is 1. The van der Waals surface area contributed by atoms with E-state index in [1.54, 1.807) is 0 Å². The number of ether oxygens (including phenoxy) is 1. The van der Waals surface area contributed by atoms with Gasteiger partial charge in [0.2, 0.25) is 5.91 Å². The van der Waals surface area contributed by atoms with E-state index in [0.29, 0.717) is 13.0 Å². The summed E-state index contributed by atoms with van der Waals surface area (Å²) in [7, 11) is 0. The van der Waals surface area contributed by atoms with Crippen molar-refractivity contribution in [1.82, 2.24) is 10.2 Å². The van der Waals surface area contributed by atoms with E-state index in [-0.39, 0.29) is 11.9 Å². The highest BCUT2D eigenvalue weighted by molar-refractivity contribution is 6.30. The number of benzene rings is 2. The molecule has 132 valence electrons. The molecule has 0 saturated carbocycles. The highest BCUT2D eigenvalue weighted by Gasteiger charge is 2.23. The lowest BCUT2D eigenvalue weighted by molar-refractivity contribution is -0.120. The quantitative estimate of drug-likeness (QED) is 0.862. The molecule has 1 amide bonds. The smallest absolute Gasteiger partial charge is 0.224 e. The van der Waals surface area contributed by atoms with Crippen molar-refractivity contribution in [3.63, 3.8) is 0 Å². The zero-order chi connectivity index (χ0) is 17.5. The maximum absolute atomic E-state index is 12.3. The summed E-state index contributed by atoms with van der Waals surface area (Å²) in [6.07, 6.45) is 0.400. The fourth-order valence-electron chi connectivity index (χ4n) is 3.09. The Morgan fingerprint density at radius 1 is 1.08 bits per heavy atom. The summed E-state index contributed by atoms with van der Waals surface area (Å²) < 4.78 is 5.46. The van der Waals surface area contributed by atoms with E-state index in [4.69, 9.17) is 16.3 Å². The first-order valence-corrected chi connectivity index (χ1v) is 8.98. The van der Waals surface area contributed by atoms with E-state index < -0.39 is 0 Å². The number of hydrogen-bond acceptors (Lipinski definition) is 3. The molecule has 3 rings (SSSR count). The van der Waals surface area contributed by atoms with Gasteiger partial charge in [-0.25, -0.2) is 0 Å². The molecule has 0 radical (unpaired) electrons. The lowest BCUT2D eigenvalue weighted by Gasteiger charge is -2.35. The predicted molar refractivity (Wildman–Crippen MR) is 99.7 cm³/mol. The van der Waals surface area contributed by atoms with Crippen LogP contribution in [-0.4, -0.2) is 43.7 Å². The Hall–Kier alpha value is -1.88. The van der Waals surface area contributed by atoms with Crippen molar-refractivity contribution in [3.05, 3.63) is 70.7 Å². The van der Waals surface area contributed by atoms with Crippen molar-refractivity contribution in [3.8, 4) is 0 Å². The zero-order valence-electron chi connectivity index (χ0n) is 14.2. The normalized spacial score (nSPS) is 16.4. The fraction of sp³-hybridized carbons (Fsp3) is 0.350. The lowest BCUT2D eigenvalue weighted by atomic mass is 10.0. The maximum atomic E-state index is 12.3. The van der Waals surface area contributed by atoms with Gasteiger partial charge in [0.1, 0.15) is 0 Å². The molecule has 1 unspecified atom stereocenters. The van der Waals surface area contributed by atoms with Gasteiger partial charge in [-0.1, -0.05) is 54.1 Å². The average Bonchev–Trinajstić information content (AvgIpc) is 2.65. The molecule has 0 aromatic heterocycles. The lowest BCUT2D eigenvalue weighted by Crippen LogP contribution is -2.44. The molecule has 1 fully saturated rings. The van der Waals surface area contributed by atoms with Crippen LogP contribution in [0.2, 0.25) is 5.02 Å². The topological polar surface area (TPSA) is 41.6 Å². The second-order valence-corrected chi connectivity index (χ2v) is 6.62. The third kappa shape index (κ3) is 5.30. The van der Waals surface area contributed by atoms with Gasteiger partial charge in [-0.15, -0.1) is 0 Å². The monoisotopic (exact) mass is 358 g/mol. The third-order valence-corrected chi connectivity index (χ3v) is 4.69. The Morgan fingerprint density at radius 3 is 2.44 bits per heavy atom. The van der Waals surface area contributed by atoms with E-state index >= 15 is 0 Å². The van der Waals surface area contributed by atoms with Crippen LogP contribution in [0.15, 0.2) is 54.6 Å². The molecule has 1 aliphatic rings. The standard InChI is InChI=1S/C20H23ClN2O2/c21-18-8-6-17(7-9-18)19(23-10-12-25-13-11-23)15-22-20(24)14-16-4-2-1-3-5-16/h1-9,19H,10-15H2,(H,22,24). The molecule has 5 heteroatoms. The van der Waals surface area contributed by atoms with E-state index in [1.165, 1.54) is 0 Å². The molecule has 0 spiro atoms. The van der Waals surface area contributed by atoms with Crippen molar-refractivity contribution in [2.75, 3.05) is 32.8 Å². The minimum absolute atomic E-state index is 0.0402. The van der Waals surface area contributed by atoms with Gasteiger partial charge in [0.05, 0.1) is 25.7 Å². The first kappa shape index (κ1) is 17.9. The summed E-state index contributed by atoms with van der Waals surface area (Å²) in [5, 5.41) is 3.81. The largest absolute Gasteiger partial charge is 0.379 e. The molecule has 1 saturated heterocycles. The van der Waals surface area contributed by atoms with Crippen LogP contribution >= 0.6 is 11.6 Å². The minimum Gasteiger partial charge on any atom is -0.379 e. The SMILES string of the molecule is O=C(Cc1ccccc1)NCC(c1ccc(Cl)cc1)N1CCOCC1. The summed E-state index contributed by atoms with van der Waals surface area (Å²) in [6, 6.07) is 17.8. The highest BCUT2D eigenvalue weighted by Crippen LogP contribution is 2.23. The van der Waals surface area contributed by atoms with Crippen molar-refractivity contribution in [1.29, 1.82) is 0 Å². The number of carbonyl (C=O) groups is 1. The van der Waals surface area contributed by atoms with Crippen LogP contribution in [0.4, 0.5) is 0 Å². The molecule has 4 nitrogen and oxygen atoms in total. The van der Waals surface area contributed by atoms with Crippen LogP contribution in [0, 0.1) is 0 Å². The molecule has 1 N–H and O–H groups in total. The Labute approximate surface area is 153 Å². The first-order chi connectivity index (χ1) is 12.2. The van der Waals surface area contributed by atoms with Crippen LogP contribution in [-0.2, 0) is 16.0 Å². The number of hydrogen-bond donors (Lipinski definition) is 1. The van der Waals surface area contributed by atoms with Crippen molar-refractivity contribution in [2.24, 2.45) is 0 Å². The van der Waals surface area contributed by atoms with Gasteiger partial charge < -0.3 is 10.1 Å². The first-order valence-electron chi connectivity index (χ1n) is 8.60. The number of nitrogens with zero attached hydrogens (tertiary/aromatic N) is 1. The predicted octanol–water partition coefficient (Wildman–Crippen LogP) is 3.07. The van der Waals surface area contributed by atoms with Crippen molar-refractivity contribution < 1.29 is 9.53 Å². The van der Waals surface area contributed by atoms with Gasteiger partial charge in [-0.05, 0) is 23.3 Å². The van der Waals surface area contributed by atoms with Crippen LogP contribution < -0.4 is 5.32 Å². The Kier molecular flexibility index (Phi) is 6.45. The van der Waals surface area contributed by atoms with Crippen LogP contribution in [0.25, 0.3) is 0 Å². The second-order valence-electron chi connectivity index (χ2n) is 6.18. The highest BCUT2D eigenvalue weighted by atomic mass is 35.5. The molecule has 0 bridgehead atoms. The van der Waals surface area contributed by atoms with E-state index in [0.717, 1.165) is 42.5 Å². The van der Waals surface area contributed by atoms with Gasteiger partial charge in [0.15, 0.2) is 0 Å². The number of amides is 1. The van der Waals surface area contributed by atoms with Gasteiger partial charge in [0, 0.05) is 24.7 Å². The summed E-state index contributed by atoms with van der Waals surface area (Å²) in [5.41, 5.74) is 2.18. The van der Waals surface area contributed by atoms with Crippen LogP contribution in [0.5, 0.6) is 0 Å². The maximum Gasteiger partial charge on any atom is 0.224 e. The van der Waals surface area contributed by atoms with Gasteiger partial charge >= 0.3 is 0 Å². The van der Waals surface area contributed by atoms with Crippen molar-refractivity contribution >= 4 is 17.5 Å². The van der Waals surface area contributed by atoms with Crippen molar-refractivity contribution in [2.45, 2.75) is 12.5 Å². The average molecular weight is 359 g/mol. The molecule has 25 heavy (non-hydrogen) atoms. The molecule has 2 aromatic carbocycles. The molecule has 1 atom stereocenters. The molecule has 0 aliphatic carbocycles. The Morgan fingerprint density at radius 2 is 1.76 bits per heavy atom. The zero-order valence-corrected chi connectivity index (χ0v) is 14.9. The molecular formula is C20H23ClN2O2. The van der Waals surface area contributed by atoms with Crippen LogP contribution in [0.3, 0.4) is 0 Å². The number of rotatable bonds is 6. The van der Waals surface area contributed by atoms with E-state index in [1.807, 2.05) is 54.6 Å². The van der Waals surface area contributed by atoms with Gasteiger partial charge in [-0.2, -0.15) is 0 Å². The van der Waals surface area contributed by atoms with E-state index in [9.17, 15) is 4.79 Å². The minimum atomic E-state index is 0.0402. The molecule has 1 heterocycles. The molecule has 2 aromatic rings. The third-order valence-electron chi connectivity index (χ3n) is 4.44. The summed E-state index contributed by atoms with van der Waals surface area (Å²) in [4.78, 5) is 14.7. The molecule has 1 aliphatic heterocycles. The fourth-order valence-corrected chi connectivity index (χ4v) is 3.21. The van der Waals surface area contributed by atoms with Gasteiger partial charge in [-0.3, -0.25) is 9.69 Å². The number of halogens is 1. The van der Waals surface area contributed by atoms with Crippen LogP contribution in [0.1, 0.15) is 17.2 Å². The van der Waals surface area contributed by atoms with Gasteiger partial charge in [0.25, 0.3) is 0 Å². The number of morpholine rings is 1.